The molecule has 0 radical (unpaired) electrons. The van der Waals surface area contributed by atoms with Crippen LogP contribution in [0.15, 0.2) is 24.3 Å². The molecule has 0 amide bonds. The van der Waals surface area contributed by atoms with Gasteiger partial charge in [-0.3, -0.25) is 4.79 Å². The fraction of sp³-hybridized carbons (Fsp3) is 0.750. The molecule has 1 aromatic carbocycles. The summed E-state index contributed by atoms with van der Waals surface area (Å²) in [5.41, 5.74) is 2.28. The van der Waals surface area contributed by atoms with Gasteiger partial charge >= 0.3 is 0 Å². The molecule has 0 heterocycles. The number of hydrogen-bond acceptors (Lipinski definition) is 1. The fourth-order valence-corrected chi connectivity index (χ4v) is 6.02. The maximum Gasteiger partial charge on any atom is 0.163 e. The van der Waals surface area contributed by atoms with Crippen molar-refractivity contribution in [1.82, 2.24) is 0 Å². The lowest BCUT2D eigenvalue weighted by atomic mass is 9.68. The molecule has 0 saturated heterocycles. The number of aryl methyl sites for hydroxylation is 1. The zero-order valence-electron chi connectivity index (χ0n) is 19.1. The molecule has 2 saturated carbocycles. The van der Waals surface area contributed by atoms with Crippen molar-refractivity contribution in [3.05, 3.63) is 35.4 Å². The molecule has 0 bridgehead atoms. The van der Waals surface area contributed by atoms with E-state index in [4.69, 9.17) is 0 Å². The van der Waals surface area contributed by atoms with Crippen molar-refractivity contribution in [2.75, 3.05) is 0 Å². The third-order valence-electron chi connectivity index (χ3n) is 7.95. The summed E-state index contributed by atoms with van der Waals surface area (Å²) in [4.78, 5) is 12.7. The highest BCUT2D eigenvalue weighted by molar-refractivity contribution is 5.96. The number of Topliss-reactive ketones (excluding diaryl/α,β-unsaturated/α-hetero) is 1. The highest BCUT2D eigenvalue weighted by Gasteiger charge is 2.31. The van der Waals surface area contributed by atoms with Crippen LogP contribution in [-0.4, -0.2) is 5.78 Å². The minimum atomic E-state index is 0.365. The standard InChI is InChI=1S/C28H44O/c1-3-5-6-8-23-9-15-25(16-10-23)26-17-13-24(14-18-26)21-28(29)27-19-11-22(7-4-2)12-20-27/h11-12,19-20,23-26H,3-10,13-18,21H2,1-2H3. The number of carbonyl (C=O) groups is 1. The van der Waals surface area contributed by atoms with Crippen LogP contribution in [0.1, 0.15) is 120 Å². The number of ketones is 1. The smallest absolute Gasteiger partial charge is 0.163 e. The Morgan fingerprint density at radius 2 is 1.34 bits per heavy atom. The van der Waals surface area contributed by atoms with Crippen molar-refractivity contribution >= 4 is 5.78 Å². The van der Waals surface area contributed by atoms with Gasteiger partial charge in [-0.05, 0) is 74.2 Å². The molecular formula is C28H44O. The van der Waals surface area contributed by atoms with E-state index in [0.717, 1.165) is 42.6 Å². The van der Waals surface area contributed by atoms with Gasteiger partial charge in [-0.25, -0.2) is 0 Å². The van der Waals surface area contributed by atoms with Crippen LogP contribution < -0.4 is 0 Å². The third kappa shape index (κ3) is 6.97. The van der Waals surface area contributed by atoms with Gasteiger partial charge in [0.25, 0.3) is 0 Å². The molecule has 0 spiro atoms. The molecular weight excluding hydrogens is 352 g/mol. The molecule has 1 heteroatoms. The second-order valence-corrected chi connectivity index (χ2v) is 10.1. The van der Waals surface area contributed by atoms with Gasteiger partial charge in [-0.2, -0.15) is 0 Å². The number of benzene rings is 1. The minimum Gasteiger partial charge on any atom is -0.294 e. The van der Waals surface area contributed by atoms with Crippen molar-refractivity contribution in [1.29, 1.82) is 0 Å². The molecule has 1 aromatic rings. The van der Waals surface area contributed by atoms with Gasteiger partial charge in [0.2, 0.25) is 0 Å². The lowest BCUT2D eigenvalue weighted by Crippen LogP contribution is -2.26. The average Bonchev–Trinajstić information content (AvgIpc) is 2.76. The molecule has 0 unspecified atom stereocenters. The van der Waals surface area contributed by atoms with Crippen LogP contribution in [0, 0.1) is 23.7 Å². The summed E-state index contributed by atoms with van der Waals surface area (Å²) < 4.78 is 0. The first kappa shape index (κ1) is 22.6. The van der Waals surface area contributed by atoms with E-state index < -0.39 is 0 Å². The summed E-state index contributed by atoms with van der Waals surface area (Å²) in [7, 11) is 0. The van der Waals surface area contributed by atoms with E-state index in [0.29, 0.717) is 11.7 Å². The summed E-state index contributed by atoms with van der Waals surface area (Å²) in [6, 6.07) is 8.40. The zero-order valence-corrected chi connectivity index (χ0v) is 19.1. The average molecular weight is 397 g/mol. The van der Waals surface area contributed by atoms with Crippen molar-refractivity contribution in [3.63, 3.8) is 0 Å². The molecule has 3 rings (SSSR count). The minimum absolute atomic E-state index is 0.365. The Balaban J connectivity index is 1.36. The van der Waals surface area contributed by atoms with Crippen molar-refractivity contribution < 1.29 is 4.79 Å². The molecule has 0 aliphatic heterocycles. The highest BCUT2D eigenvalue weighted by Crippen LogP contribution is 2.43. The second kappa shape index (κ2) is 11.9. The third-order valence-corrected chi connectivity index (χ3v) is 7.95. The summed E-state index contributed by atoms with van der Waals surface area (Å²) in [6.45, 7) is 4.51. The van der Waals surface area contributed by atoms with E-state index in [1.54, 1.807) is 0 Å². The van der Waals surface area contributed by atoms with E-state index in [-0.39, 0.29) is 0 Å². The molecule has 2 aliphatic rings. The zero-order chi connectivity index (χ0) is 20.5. The number of unbranched alkanes of at least 4 members (excludes halogenated alkanes) is 2. The Morgan fingerprint density at radius 3 is 1.90 bits per heavy atom. The van der Waals surface area contributed by atoms with Crippen molar-refractivity contribution in [2.45, 2.75) is 110 Å². The van der Waals surface area contributed by atoms with Gasteiger partial charge in [0.05, 0.1) is 0 Å². The van der Waals surface area contributed by atoms with E-state index in [2.05, 4.69) is 38.1 Å². The summed E-state index contributed by atoms with van der Waals surface area (Å²) in [5, 5.41) is 0. The van der Waals surface area contributed by atoms with Crippen LogP contribution in [-0.2, 0) is 6.42 Å². The lowest BCUT2D eigenvalue weighted by Gasteiger charge is -2.38. The second-order valence-electron chi connectivity index (χ2n) is 10.1. The normalized spacial score (nSPS) is 27.7. The molecule has 2 aliphatic carbocycles. The lowest BCUT2D eigenvalue weighted by molar-refractivity contribution is 0.0919. The predicted octanol–water partition coefficient (Wildman–Crippen LogP) is 8.41. The molecule has 0 atom stereocenters. The first-order valence-electron chi connectivity index (χ1n) is 12.8. The Bertz CT molecular complexity index is 585. The largest absolute Gasteiger partial charge is 0.294 e. The molecule has 0 N–H and O–H groups in total. The van der Waals surface area contributed by atoms with E-state index in [9.17, 15) is 4.79 Å². The highest BCUT2D eigenvalue weighted by atomic mass is 16.1. The number of carbonyl (C=O) groups excluding carboxylic acids is 1. The van der Waals surface area contributed by atoms with Gasteiger partial charge in [-0.15, -0.1) is 0 Å². The monoisotopic (exact) mass is 396 g/mol. The first-order chi connectivity index (χ1) is 14.2. The summed E-state index contributed by atoms with van der Waals surface area (Å²) in [5.74, 6) is 3.95. The van der Waals surface area contributed by atoms with E-state index >= 15 is 0 Å². The topological polar surface area (TPSA) is 17.1 Å². The number of hydrogen-bond donors (Lipinski definition) is 0. The van der Waals surface area contributed by atoms with E-state index in [1.165, 1.54) is 82.6 Å². The quantitative estimate of drug-likeness (QED) is 0.286. The molecule has 162 valence electrons. The van der Waals surface area contributed by atoms with Crippen LogP contribution in [0.4, 0.5) is 0 Å². The van der Waals surface area contributed by atoms with Gasteiger partial charge in [0.15, 0.2) is 5.78 Å². The van der Waals surface area contributed by atoms with Crippen LogP contribution in [0.3, 0.4) is 0 Å². The van der Waals surface area contributed by atoms with Crippen molar-refractivity contribution in [2.24, 2.45) is 23.7 Å². The first-order valence-corrected chi connectivity index (χ1v) is 12.8. The van der Waals surface area contributed by atoms with Crippen LogP contribution in [0.25, 0.3) is 0 Å². The number of rotatable bonds is 10. The van der Waals surface area contributed by atoms with Gasteiger partial charge < -0.3 is 0 Å². The molecule has 0 aromatic heterocycles. The Hall–Kier alpha value is -1.11. The molecule has 2 fully saturated rings. The fourth-order valence-electron chi connectivity index (χ4n) is 6.02. The Labute approximate surface area is 180 Å². The maximum atomic E-state index is 12.7. The van der Waals surface area contributed by atoms with Gasteiger partial charge in [-0.1, -0.05) is 83.1 Å². The van der Waals surface area contributed by atoms with Crippen LogP contribution in [0.2, 0.25) is 0 Å². The van der Waals surface area contributed by atoms with Crippen LogP contribution >= 0.6 is 0 Å². The Kier molecular flexibility index (Phi) is 9.28. The predicted molar refractivity (Wildman–Crippen MR) is 124 cm³/mol. The van der Waals surface area contributed by atoms with Gasteiger partial charge in [0.1, 0.15) is 0 Å². The Morgan fingerprint density at radius 1 is 0.759 bits per heavy atom. The van der Waals surface area contributed by atoms with Gasteiger partial charge in [0, 0.05) is 12.0 Å². The maximum absolute atomic E-state index is 12.7. The summed E-state index contributed by atoms with van der Waals surface area (Å²) >= 11 is 0. The molecule has 29 heavy (non-hydrogen) atoms. The van der Waals surface area contributed by atoms with Crippen LogP contribution in [0.5, 0.6) is 0 Å². The molecule has 1 nitrogen and oxygen atoms in total. The van der Waals surface area contributed by atoms with Crippen molar-refractivity contribution in [3.8, 4) is 0 Å². The SMILES string of the molecule is CCCCCC1CCC(C2CCC(CC(=O)c3ccc(CCC)cc3)CC2)CC1. The summed E-state index contributed by atoms with van der Waals surface area (Å²) in [6.07, 6.45) is 20.0. The van der Waals surface area contributed by atoms with E-state index in [1.807, 2.05) is 0 Å².